The number of pyridine rings is 1. The normalized spacial score (nSPS) is 16.9. The van der Waals surface area contributed by atoms with Crippen molar-refractivity contribution in [2.75, 3.05) is 26.3 Å². The molecule has 0 aromatic carbocycles. The van der Waals surface area contributed by atoms with Gasteiger partial charge in [-0.05, 0) is 30.7 Å². The van der Waals surface area contributed by atoms with Crippen LogP contribution in [0.2, 0.25) is 0 Å². The number of ether oxygens (including phenoxy) is 1. The van der Waals surface area contributed by atoms with Gasteiger partial charge in [0, 0.05) is 25.5 Å². The molecule has 2 aromatic rings. The van der Waals surface area contributed by atoms with Crippen LogP contribution in [0.15, 0.2) is 41.1 Å². The average molecular weight is 315 g/mol. The van der Waals surface area contributed by atoms with E-state index in [1.54, 1.807) is 12.4 Å². The van der Waals surface area contributed by atoms with E-state index >= 15 is 0 Å². The maximum absolute atomic E-state index is 12.8. The lowest BCUT2D eigenvalue weighted by molar-refractivity contribution is -0.128. The van der Waals surface area contributed by atoms with Gasteiger partial charge in [-0.3, -0.25) is 14.7 Å². The molecule has 0 bridgehead atoms. The summed E-state index contributed by atoms with van der Waals surface area (Å²) < 4.78 is 10.9. The van der Waals surface area contributed by atoms with Gasteiger partial charge in [-0.1, -0.05) is 6.07 Å². The monoisotopic (exact) mass is 315 g/mol. The number of aromatic nitrogens is 1. The van der Waals surface area contributed by atoms with Gasteiger partial charge in [-0.2, -0.15) is 0 Å². The number of rotatable bonds is 5. The second-order valence-electron chi connectivity index (χ2n) is 5.57. The van der Waals surface area contributed by atoms with Crippen LogP contribution < -0.4 is 5.32 Å². The number of amides is 1. The summed E-state index contributed by atoms with van der Waals surface area (Å²) in [6, 6.07) is 7.20. The summed E-state index contributed by atoms with van der Waals surface area (Å²) in [6.07, 6.45) is 3.46. The largest absolute Gasteiger partial charge is 0.465 e. The van der Waals surface area contributed by atoms with Gasteiger partial charge in [0.05, 0.1) is 19.8 Å². The van der Waals surface area contributed by atoms with Crippen molar-refractivity contribution in [3.05, 3.63) is 53.7 Å². The molecule has 122 valence electrons. The molecule has 0 radical (unpaired) electrons. The zero-order chi connectivity index (χ0) is 16.1. The Bertz CT molecular complexity index is 636. The minimum atomic E-state index is -0.358. The molecule has 1 saturated heterocycles. The number of hydrogen-bond donors (Lipinski definition) is 1. The molecule has 6 heteroatoms. The Morgan fingerprint density at radius 1 is 1.35 bits per heavy atom. The van der Waals surface area contributed by atoms with E-state index in [2.05, 4.69) is 15.2 Å². The predicted octanol–water partition coefficient (Wildman–Crippen LogP) is 1.67. The van der Waals surface area contributed by atoms with Gasteiger partial charge in [0.1, 0.15) is 17.6 Å². The highest BCUT2D eigenvalue weighted by atomic mass is 16.5. The van der Waals surface area contributed by atoms with E-state index in [-0.39, 0.29) is 11.9 Å². The average Bonchev–Trinajstić information content (AvgIpc) is 3.01. The minimum Gasteiger partial charge on any atom is -0.465 e. The fraction of sp³-hybridized carbons (Fsp3) is 0.412. The first-order chi connectivity index (χ1) is 11.2. The van der Waals surface area contributed by atoms with Crippen molar-refractivity contribution in [3.63, 3.8) is 0 Å². The molecule has 3 rings (SSSR count). The summed E-state index contributed by atoms with van der Waals surface area (Å²) in [7, 11) is 0. The summed E-state index contributed by atoms with van der Waals surface area (Å²) in [5, 5.41) is 2.97. The van der Waals surface area contributed by atoms with E-state index in [9.17, 15) is 4.79 Å². The van der Waals surface area contributed by atoms with Crippen molar-refractivity contribution >= 4 is 5.91 Å². The molecule has 3 heterocycles. The Kier molecular flexibility index (Phi) is 5.05. The van der Waals surface area contributed by atoms with Gasteiger partial charge in [0.25, 0.3) is 0 Å². The van der Waals surface area contributed by atoms with Crippen LogP contribution in [0.4, 0.5) is 0 Å². The fourth-order valence-corrected chi connectivity index (χ4v) is 2.75. The first kappa shape index (κ1) is 15.7. The minimum absolute atomic E-state index is 0.0473. The van der Waals surface area contributed by atoms with E-state index in [0.29, 0.717) is 19.8 Å². The zero-order valence-corrected chi connectivity index (χ0v) is 13.2. The standard InChI is InChI=1S/C17H21N3O3/c1-13-4-5-15(23-13)12-19-17(21)16(14-3-2-6-18-11-14)20-7-9-22-10-8-20/h2-6,11,16H,7-10,12H2,1H3,(H,19,21)/t16-/m1/s1. The second-order valence-corrected chi connectivity index (χ2v) is 5.57. The third-order valence-electron chi connectivity index (χ3n) is 3.89. The molecule has 2 aromatic heterocycles. The molecule has 0 unspecified atom stereocenters. The van der Waals surface area contributed by atoms with Gasteiger partial charge in [0.15, 0.2) is 0 Å². The third kappa shape index (κ3) is 3.97. The summed E-state index contributed by atoms with van der Waals surface area (Å²) in [6.45, 7) is 5.01. The number of nitrogens with one attached hydrogen (secondary N) is 1. The Balaban J connectivity index is 1.72. The van der Waals surface area contributed by atoms with Crippen LogP contribution >= 0.6 is 0 Å². The lowest BCUT2D eigenvalue weighted by atomic mass is 10.1. The Hall–Kier alpha value is -2.18. The summed E-state index contributed by atoms with van der Waals surface area (Å²) in [4.78, 5) is 19.0. The SMILES string of the molecule is Cc1ccc(CNC(=O)[C@@H](c2cccnc2)N2CCOCC2)o1. The Morgan fingerprint density at radius 3 is 2.83 bits per heavy atom. The number of carbonyl (C=O) groups excluding carboxylic acids is 1. The molecule has 1 N–H and O–H groups in total. The van der Waals surface area contributed by atoms with Crippen LogP contribution in [0, 0.1) is 6.92 Å². The smallest absolute Gasteiger partial charge is 0.242 e. The van der Waals surface area contributed by atoms with Gasteiger partial charge >= 0.3 is 0 Å². The van der Waals surface area contributed by atoms with E-state index in [1.807, 2.05) is 31.2 Å². The highest BCUT2D eigenvalue weighted by Gasteiger charge is 2.29. The molecule has 1 amide bonds. The second kappa shape index (κ2) is 7.39. The maximum atomic E-state index is 12.8. The first-order valence-corrected chi connectivity index (χ1v) is 7.79. The number of aryl methyl sites for hydroxylation is 1. The topological polar surface area (TPSA) is 67.6 Å². The number of morpholine rings is 1. The lowest BCUT2D eigenvalue weighted by Gasteiger charge is -2.33. The van der Waals surface area contributed by atoms with Crippen molar-refractivity contribution < 1.29 is 13.9 Å². The van der Waals surface area contributed by atoms with Crippen molar-refractivity contribution in [2.24, 2.45) is 0 Å². The van der Waals surface area contributed by atoms with Crippen LogP contribution in [0.1, 0.15) is 23.1 Å². The molecular weight excluding hydrogens is 294 g/mol. The van der Waals surface area contributed by atoms with Crippen LogP contribution in [-0.2, 0) is 16.1 Å². The summed E-state index contributed by atoms with van der Waals surface area (Å²) in [5.41, 5.74) is 0.891. The van der Waals surface area contributed by atoms with E-state index in [4.69, 9.17) is 9.15 Å². The molecular formula is C17H21N3O3. The maximum Gasteiger partial charge on any atom is 0.242 e. The number of hydrogen-bond acceptors (Lipinski definition) is 5. The van der Waals surface area contributed by atoms with Gasteiger partial charge in [-0.25, -0.2) is 0 Å². The summed E-state index contributed by atoms with van der Waals surface area (Å²) in [5.74, 6) is 1.54. The number of furan rings is 1. The van der Waals surface area contributed by atoms with Crippen LogP contribution in [-0.4, -0.2) is 42.1 Å². The highest BCUT2D eigenvalue weighted by molar-refractivity contribution is 5.83. The van der Waals surface area contributed by atoms with Crippen LogP contribution in [0.3, 0.4) is 0 Å². The number of nitrogens with zero attached hydrogens (tertiary/aromatic N) is 2. The molecule has 23 heavy (non-hydrogen) atoms. The first-order valence-electron chi connectivity index (χ1n) is 7.79. The molecule has 6 nitrogen and oxygen atoms in total. The molecule has 0 aliphatic carbocycles. The van der Waals surface area contributed by atoms with Gasteiger partial charge < -0.3 is 14.5 Å². The molecule has 0 saturated carbocycles. The van der Waals surface area contributed by atoms with Crippen molar-refractivity contribution in [1.82, 2.24) is 15.2 Å². The highest BCUT2D eigenvalue weighted by Crippen LogP contribution is 2.21. The quantitative estimate of drug-likeness (QED) is 0.909. The van der Waals surface area contributed by atoms with Crippen molar-refractivity contribution in [3.8, 4) is 0 Å². The van der Waals surface area contributed by atoms with Crippen LogP contribution in [0.5, 0.6) is 0 Å². The van der Waals surface area contributed by atoms with E-state index in [0.717, 1.165) is 30.2 Å². The van der Waals surface area contributed by atoms with E-state index in [1.165, 1.54) is 0 Å². The lowest BCUT2D eigenvalue weighted by Crippen LogP contribution is -2.45. The predicted molar refractivity (Wildman–Crippen MR) is 84.7 cm³/mol. The molecule has 1 fully saturated rings. The number of carbonyl (C=O) groups is 1. The van der Waals surface area contributed by atoms with Gasteiger partial charge in [-0.15, -0.1) is 0 Å². The molecule has 0 spiro atoms. The van der Waals surface area contributed by atoms with E-state index < -0.39 is 0 Å². The van der Waals surface area contributed by atoms with Crippen LogP contribution in [0.25, 0.3) is 0 Å². The van der Waals surface area contributed by atoms with Gasteiger partial charge in [0.2, 0.25) is 5.91 Å². The summed E-state index contributed by atoms with van der Waals surface area (Å²) >= 11 is 0. The Labute approximate surface area is 135 Å². The zero-order valence-electron chi connectivity index (χ0n) is 13.2. The molecule has 1 aliphatic rings. The Morgan fingerprint density at radius 2 is 2.17 bits per heavy atom. The fourth-order valence-electron chi connectivity index (χ4n) is 2.75. The van der Waals surface area contributed by atoms with Crippen molar-refractivity contribution in [2.45, 2.75) is 19.5 Å². The third-order valence-corrected chi connectivity index (χ3v) is 3.89. The van der Waals surface area contributed by atoms with Crippen molar-refractivity contribution in [1.29, 1.82) is 0 Å². The molecule has 1 aliphatic heterocycles. The molecule has 1 atom stereocenters.